The normalized spacial score (nSPS) is 11.3. The van der Waals surface area contributed by atoms with Crippen LogP contribution >= 0.6 is 11.6 Å². The van der Waals surface area contributed by atoms with Crippen LogP contribution < -0.4 is 5.32 Å². The number of halogens is 1. The Kier molecular flexibility index (Phi) is 4.81. The summed E-state index contributed by atoms with van der Waals surface area (Å²) < 4.78 is 10.2. The number of oxazole rings is 1. The number of alkyl carbamates (subject to hydrolysis) is 1. The fraction of sp³-hybridized carbons (Fsp3) is 0.636. The molecule has 5 nitrogen and oxygen atoms in total. The highest BCUT2D eigenvalue weighted by Gasteiger charge is 2.16. The van der Waals surface area contributed by atoms with Gasteiger partial charge in [-0.1, -0.05) is 0 Å². The molecule has 1 amide bonds. The summed E-state index contributed by atoms with van der Waals surface area (Å²) in [6.07, 6.45) is 1.45. The fourth-order valence-corrected chi connectivity index (χ4v) is 1.42. The van der Waals surface area contributed by atoms with Crippen molar-refractivity contribution in [2.45, 2.75) is 38.7 Å². The predicted octanol–water partition coefficient (Wildman–Crippen LogP) is 2.48. The molecular weight excluding hydrogens is 244 g/mol. The van der Waals surface area contributed by atoms with E-state index in [0.717, 1.165) is 0 Å². The molecular formula is C11H17ClN2O3. The van der Waals surface area contributed by atoms with E-state index in [0.29, 0.717) is 30.3 Å². The van der Waals surface area contributed by atoms with Gasteiger partial charge in [0, 0.05) is 13.0 Å². The SMILES string of the molecule is CC(C)(C)OC(=O)NCCc1ocnc1CCl. The average molecular weight is 261 g/mol. The Bertz CT molecular complexity index is 371. The second kappa shape index (κ2) is 5.91. The van der Waals surface area contributed by atoms with E-state index in [4.69, 9.17) is 20.8 Å². The molecule has 0 saturated carbocycles. The van der Waals surface area contributed by atoms with Gasteiger partial charge in [-0.15, -0.1) is 11.6 Å². The van der Waals surface area contributed by atoms with E-state index in [1.807, 2.05) is 20.8 Å². The second-order valence-electron chi connectivity index (χ2n) is 4.53. The van der Waals surface area contributed by atoms with Crippen LogP contribution in [0.1, 0.15) is 32.2 Å². The fourth-order valence-electron chi connectivity index (χ4n) is 1.20. The summed E-state index contributed by atoms with van der Waals surface area (Å²) in [5, 5.41) is 2.64. The zero-order valence-electron chi connectivity index (χ0n) is 10.2. The van der Waals surface area contributed by atoms with Crippen molar-refractivity contribution in [1.29, 1.82) is 0 Å². The molecule has 17 heavy (non-hydrogen) atoms. The van der Waals surface area contributed by atoms with Gasteiger partial charge in [-0.3, -0.25) is 0 Å². The quantitative estimate of drug-likeness (QED) is 0.845. The Morgan fingerprint density at radius 3 is 2.88 bits per heavy atom. The van der Waals surface area contributed by atoms with E-state index in [-0.39, 0.29) is 0 Å². The van der Waals surface area contributed by atoms with Crippen LogP contribution in [0.2, 0.25) is 0 Å². The van der Waals surface area contributed by atoms with Crippen molar-refractivity contribution in [3.63, 3.8) is 0 Å². The minimum Gasteiger partial charge on any atom is -0.448 e. The van der Waals surface area contributed by atoms with Crippen molar-refractivity contribution in [2.75, 3.05) is 6.54 Å². The largest absolute Gasteiger partial charge is 0.448 e. The molecule has 0 saturated heterocycles. The van der Waals surface area contributed by atoms with E-state index >= 15 is 0 Å². The molecule has 0 aliphatic rings. The van der Waals surface area contributed by atoms with Crippen LogP contribution in [0.15, 0.2) is 10.8 Å². The van der Waals surface area contributed by atoms with Crippen LogP contribution in [0.4, 0.5) is 4.79 Å². The van der Waals surface area contributed by atoms with Gasteiger partial charge in [-0.05, 0) is 20.8 Å². The van der Waals surface area contributed by atoms with Crippen LogP contribution in [0.25, 0.3) is 0 Å². The van der Waals surface area contributed by atoms with Crippen LogP contribution in [0.3, 0.4) is 0 Å². The Morgan fingerprint density at radius 1 is 1.59 bits per heavy atom. The molecule has 0 radical (unpaired) electrons. The van der Waals surface area contributed by atoms with Crippen LogP contribution in [-0.4, -0.2) is 23.2 Å². The molecule has 1 aromatic heterocycles. The van der Waals surface area contributed by atoms with Gasteiger partial charge in [-0.25, -0.2) is 9.78 Å². The summed E-state index contributed by atoms with van der Waals surface area (Å²) in [6.45, 7) is 5.87. The first-order chi connectivity index (χ1) is 7.92. The highest BCUT2D eigenvalue weighted by atomic mass is 35.5. The summed E-state index contributed by atoms with van der Waals surface area (Å²) >= 11 is 5.67. The van der Waals surface area contributed by atoms with E-state index in [1.165, 1.54) is 6.39 Å². The number of carbonyl (C=O) groups excluding carboxylic acids is 1. The zero-order chi connectivity index (χ0) is 12.9. The standard InChI is InChI=1S/C11H17ClN2O3/c1-11(2,3)17-10(15)13-5-4-9-8(6-12)14-7-16-9/h7H,4-6H2,1-3H3,(H,13,15). The minimum atomic E-state index is -0.488. The van der Waals surface area contributed by atoms with Crippen LogP contribution in [0, 0.1) is 0 Å². The summed E-state index contributed by atoms with van der Waals surface area (Å²) in [7, 11) is 0. The maximum Gasteiger partial charge on any atom is 0.407 e. The van der Waals surface area contributed by atoms with Crippen LogP contribution in [-0.2, 0) is 17.0 Å². The number of amides is 1. The third-order valence-electron chi connectivity index (χ3n) is 1.87. The Labute approximate surface area is 105 Å². The maximum absolute atomic E-state index is 11.3. The van der Waals surface area contributed by atoms with Crippen molar-refractivity contribution in [3.05, 3.63) is 17.8 Å². The van der Waals surface area contributed by atoms with Gasteiger partial charge in [0.2, 0.25) is 0 Å². The summed E-state index contributed by atoms with van der Waals surface area (Å²) in [5.41, 5.74) is 0.218. The highest BCUT2D eigenvalue weighted by molar-refractivity contribution is 6.16. The minimum absolute atomic E-state index is 0.304. The molecule has 0 aliphatic carbocycles. The van der Waals surface area contributed by atoms with Crippen molar-refractivity contribution in [1.82, 2.24) is 10.3 Å². The molecule has 0 spiro atoms. The smallest absolute Gasteiger partial charge is 0.407 e. The molecule has 0 unspecified atom stereocenters. The number of nitrogens with zero attached hydrogens (tertiary/aromatic N) is 1. The number of aromatic nitrogens is 1. The van der Waals surface area contributed by atoms with E-state index in [9.17, 15) is 4.79 Å². The monoisotopic (exact) mass is 260 g/mol. The topological polar surface area (TPSA) is 64.4 Å². The molecule has 0 aliphatic heterocycles. The van der Waals surface area contributed by atoms with Crippen LogP contribution in [0.5, 0.6) is 0 Å². The Hall–Kier alpha value is -1.23. The zero-order valence-corrected chi connectivity index (χ0v) is 11.0. The first-order valence-electron chi connectivity index (χ1n) is 5.36. The molecule has 0 fully saturated rings. The molecule has 1 aromatic rings. The number of rotatable bonds is 4. The lowest BCUT2D eigenvalue weighted by Gasteiger charge is -2.19. The van der Waals surface area contributed by atoms with E-state index < -0.39 is 11.7 Å². The summed E-state index contributed by atoms with van der Waals surface area (Å²) in [4.78, 5) is 15.3. The molecule has 96 valence electrons. The lowest BCUT2D eigenvalue weighted by Crippen LogP contribution is -2.33. The highest BCUT2D eigenvalue weighted by Crippen LogP contribution is 2.10. The molecule has 1 rings (SSSR count). The number of hydrogen-bond acceptors (Lipinski definition) is 4. The molecule has 0 atom stereocenters. The average Bonchev–Trinajstić information content (AvgIpc) is 2.62. The number of carbonyl (C=O) groups is 1. The third kappa shape index (κ3) is 5.08. The van der Waals surface area contributed by atoms with Gasteiger partial charge < -0.3 is 14.5 Å². The van der Waals surface area contributed by atoms with Gasteiger partial charge in [-0.2, -0.15) is 0 Å². The second-order valence-corrected chi connectivity index (χ2v) is 4.80. The number of hydrogen-bond donors (Lipinski definition) is 1. The first-order valence-corrected chi connectivity index (χ1v) is 5.90. The van der Waals surface area contributed by atoms with Gasteiger partial charge in [0.05, 0.1) is 11.6 Å². The molecule has 1 N–H and O–H groups in total. The van der Waals surface area contributed by atoms with Gasteiger partial charge in [0.15, 0.2) is 6.39 Å². The molecule has 6 heteroatoms. The molecule has 0 bridgehead atoms. The molecule has 0 aromatic carbocycles. The lowest BCUT2D eigenvalue weighted by atomic mass is 10.2. The predicted molar refractivity (Wildman–Crippen MR) is 64.0 cm³/mol. The first kappa shape index (κ1) is 13.8. The van der Waals surface area contributed by atoms with Gasteiger partial charge in [0.1, 0.15) is 11.4 Å². The maximum atomic E-state index is 11.3. The summed E-state index contributed by atoms with van der Waals surface area (Å²) in [6, 6.07) is 0. The number of ether oxygens (including phenoxy) is 1. The third-order valence-corrected chi connectivity index (χ3v) is 2.13. The van der Waals surface area contributed by atoms with E-state index in [2.05, 4.69) is 10.3 Å². The van der Waals surface area contributed by atoms with Crippen molar-refractivity contribution >= 4 is 17.7 Å². The number of alkyl halides is 1. The van der Waals surface area contributed by atoms with Crippen molar-refractivity contribution in [2.24, 2.45) is 0 Å². The van der Waals surface area contributed by atoms with E-state index in [1.54, 1.807) is 0 Å². The van der Waals surface area contributed by atoms with Gasteiger partial charge in [0.25, 0.3) is 0 Å². The van der Waals surface area contributed by atoms with Gasteiger partial charge >= 0.3 is 6.09 Å². The Morgan fingerprint density at radius 2 is 2.29 bits per heavy atom. The molecule has 1 heterocycles. The van der Waals surface area contributed by atoms with Crippen molar-refractivity contribution < 1.29 is 13.9 Å². The van der Waals surface area contributed by atoms with Crippen molar-refractivity contribution in [3.8, 4) is 0 Å². The number of nitrogens with one attached hydrogen (secondary N) is 1. The Balaban J connectivity index is 2.31. The summed E-state index contributed by atoms with van der Waals surface area (Å²) in [5.74, 6) is 0.995. The lowest BCUT2D eigenvalue weighted by molar-refractivity contribution is 0.0528.